The van der Waals surface area contributed by atoms with Gasteiger partial charge in [0.25, 0.3) is 0 Å². The van der Waals surface area contributed by atoms with Gasteiger partial charge >= 0.3 is 0 Å². The van der Waals surface area contributed by atoms with Crippen molar-refractivity contribution < 1.29 is 9.13 Å². The summed E-state index contributed by atoms with van der Waals surface area (Å²) in [5.41, 5.74) is 11.8. The predicted octanol–water partition coefficient (Wildman–Crippen LogP) is 4.46. The Bertz CT molecular complexity index is 679. The molecule has 2 N–H and O–H groups in total. The van der Waals surface area contributed by atoms with Crippen molar-refractivity contribution in [3.63, 3.8) is 0 Å². The van der Waals surface area contributed by atoms with Crippen LogP contribution in [0.4, 0.5) is 4.39 Å². The highest BCUT2D eigenvalue weighted by molar-refractivity contribution is 5.82. The molecule has 0 spiro atoms. The van der Waals surface area contributed by atoms with E-state index >= 15 is 0 Å². The van der Waals surface area contributed by atoms with E-state index in [1.807, 2.05) is 19.1 Å². The number of hydrogen-bond acceptors (Lipinski definition) is 2. The summed E-state index contributed by atoms with van der Waals surface area (Å²) in [4.78, 5) is 0. The second-order valence-corrected chi connectivity index (χ2v) is 6.01. The highest BCUT2D eigenvalue weighted by Crippen LogP contribution is 2.32. The van der Waals surface area contributed by atoms with Crippen LogP contribution in [0.5, 0.6) is 0 Å². The third kappa shape index (κ3) is 3.69. The van der Waals surface area contributed by atoms with Crippen molar-refractivity contribution in [3.05, 3.63) is 76.6 Å². The summed E-state index contributed by atoms with van der Waals surface area (Å²) in [6.07, 6.45) is 1.84. The molecule has 0 aliphatic carbocycles. The van der Waals surface area contributed by atoms with E-state index in [0.717, 1.165) is 42.7 Å². The SMILES string of the molecule is C[C@@H](N)c1ccc(C(=C2CCOCC2)c2ccc(F)cc2)cc1. The zero-order valence-electron chi connectivity index (χ0n) is 13.4. The van der Waals surface area contributed by atoms with Crippen LogP contribution in [0.2, 0.25) is 0 Å². The van der Waals surface area contributed by atoms with Crippen molar-refractivity contribution in [2.24, 2.45) is 5.73 Å². The maximum atomic E-state index is 13.3. The second-order valence-electron chi connectivity index (χ2n) is 6.01. The first-order chi connectivity index (χ1) is 11.1. The van der Waals surface area contributed by atoms with Crippen LogP contribution in [0.3, 0.4) is 0 Å². The number of nitrogens with two attached hydrogens (primary N) is 1. The van der Waals surface area contributed by atoms with Crippen LogP contribution in [0.25, 0.3) is 5.57 Å². The molecule has 0 saturated carbocycles. The van der Waals surface area contributed by atoms with E-state index in [1.54, 1.807) is 0 Å². The molecule has 3 rings (SSSR count). The number of halogens is 1. The number of hydrogen-bond donors (Lipinski definition) is 1. The van der Waals surface area contributed by atoms with Crippen molar-refractivity contribution in [1.29, 1.82) is 0 Å². The fraction of sp³-hybridized carbons (Fsp3) is 0.300. The Balaban J connectivity index is 2.06. The lowest BCUT2D eigenvalue weighted by Gasteiger charge is -2.21. The van der Waals surface area contributed by atoms with Crippen molar-refractivity contribution in [2.75, 3.05) is 13.2 Å². The first kappa shape index (κ1) is 15.9. The molecular formula is C20H22FNO. The van der Waals surface area contributed by atoms with Crippen molar-refractivity contribution in [2.45, 2.75) is 25.8 Å². The summed E-state index contributed by atoms with van der Waals surface area (Å²) in [6, 6.07) is 15.1. The van der Waals surface area contributed by atoms with Gasteiger partial charge in [-0.2, -0.15) is 0 Å². The first-order valence-electron chi connectivity index (χ1n) is 8.07. The molecular weight excluding hydrogens is 289 g/mol. The Morgan fingerprint density at radius 2 is 1.48 bits per heavy atom. The average molecular weight is 311 g/mol. The largest absolute Gasteiger partial charge is 0.381 e. The van der Waals surface area contributed by atoms with Crippen LogP contribution in [0.15, 0.2) is 54.1 Å². The summed E-state index contributed by atoms with van der Waals surface area (Å²) >= 11 is 0. The van der Waals surface area contributed by atoms with Crippen LogP contribution >= 0.6 is 0 Å². The average Bonchev–Trinajstić information content (AvgIpc) is 2.58. The fourth-order valence-electron chi connectivity index (χ4n) is 3.01. The van der Waals surface area contributed by atoms with Crippen LogP contribution in [0, 0.1) is 5.82 Å². The molecule has 1 fully saturated rings. The summed E-state index contributed by atoms with van der Waals surface area (Å²) in [5.74, 6) is -0.211. The lowest BCUT2D eigenvalue weighted by Crippen LogP contribution is -2.10. The van der Waals surface area contributed by atoms with Gasteiger partial charge in [-0.25, -0.2) is 4.39 Å². The molecule has 2 nitrogen and oxygen atoms in total. The van der Waals surface area contributed by atoms with E-state index < -0.39 is 0 Å². The van der Waals surface area contributed by atoms with Crippen LogP contribution in [0.1, 0.15) is 42.5 Å². The molecule has 1 heterocycles. The van der Waals surface area contributed by atoms with E-state index in [9.17, 15) is 4.39 Å². The molecule has 0 unspecified atom stereocenters. The Labute approximate surface area is 136 Å². The summed E-state index contributed by atoms with van der Waals surface area (Å²) in [6.45, 7) is 3.47. The minimum Gasteiger partial charge on any atom is -0.381 e. The van der Waals surface area contributed by atoms with Crippen molar-refractivity contribution >= 4 is 5.57 Å². The molecule has 0 bridgehead atoms. The Hall–Kier alpha value is -1.97. The molecule has 120 valence electrons. The summed E-state index contributed by atoms with van der Waals surface area (Å²) in [7, 11) is 0. The van der Waals surface area contributed by atoms with Gasteiger partial charge < -0.3 is 10.5 Å². The first-order valence-corrected chi connectivity index (χ1v) is 8.07. The summed E-state index contributed by atoms with van der Waals surface area (Å²) in [5, 5.41) is 0. The van der Waals surface area contributed by atoms with Gasteiger partial charge in [-0.15, -0.1) is 0 Å². The van der Waals surface area contributed by atoms with Crippen molar-refractivity contribution in [3.8, 4) is 0 Å². The molecule has 2 aromatic rings. The minimum absolute atomic E-state index is 0.0223. The van der Waals surface area contributed by atoms with Gasteiger partial charge in [0.2, 0.25) is 0 Å². The van der Waals surface area contributed by atoms with E-state index in [0.29, 0.717) is 0 Å². The van der Waals surface area contributed by atoms with E-state index in [4.69, 9.17) is 10.5 Å². The quantitative estimate of drug-likeness (QED) is 0.908. The molecule has 1 aliphatic rings. The Kier molecular flexibility index (Phi) is 4.89. The lowest BCUT2D eigenvalue weighted by atomic mass is 9.89. The maximum absolute atomic E-state index is 13.3. The van der Waals surface area contributed by atoms with E-state index in [-0.39, 0.29) is 11.9 Å². The van der Waals surface area contributed by atoms with Gasteiger partial charge in [-0.3, -0.25) is 0 Å². The highest BCUT2D eigenvalue weighted by atomic mass is 19.1. The van der Waals surface area contributed by atoms with Crippen LogP contribution < -0.4 is 5.73 Å². The molecule has 1 saturated heterocycles. The molecule has 0 radical (unpaired) electrons. The molecule has 2 aromatic carbocycles. The zero-order chi connectivity index (χ0) is 16.2. The van der Waals surface area contributed by atoms with Gasteiger partial charge in [-0.05, 0) is 54.2 Å². The molecule has 3 heteroatoms. The molecule has 23 heavy (non-hydrogen) atoms. The zero-order valence-corrected chi connectivity index (χ0v) is 13.4. The van der Waals surface area contributed by atoms with Gasteiger partial charge in [0, 0.05) is 6.04 Å². The lowest BCUT2D eigenvalue weighted by molar-refractivity contribution is 0.119. The van der Waals surface area contributed by atoms with Gasteiger partial charge in [0.1, 0.15) is 5.82 Å². The summed E-state index contributed by atoms with van der Waals surface area (Å²) < 4.78 is 18.8. The highest BCUT2D eigenvalue weighted by Gasteiger charge is 2.15. The standard InChI is InChI=1S/C20H22FNO/c1-14(22)15-2-4-16(5-3-15)20(18-10-12-23-13-11-18)17-6-8-19(21)9-7-17/h2-9,14H,10-13,22H2,1H3/t14-/m1/s1. The van der Waals surface area contributed by atoms with Gasteiger partial charge in [-0.1, -0.05) is 42.0 Å². The van der Waals surface area contributed by atoms with Crippen molar-refractivity contribution in [1.82, 2.24) is 0 Å². The topological polar surface area (TPSA) is 35.2 Å². The monoisotopic (exact) mass is 311 g/mol. The number of benzene rings is 2. The van der Waals surface area contributed by atoms with Crippen LogP contribution in [-0.2, 0) is 4.74 Å². The third-order valence-electron chi connectivity index (χ3n) is 4.31. The van der Waals surface area contributed by atoms with E-state index in [2.05, 4.69) is 24.3 Å². The molecule has 0 amide bonds. The fourth-order valence-corrected chi connectivity index (χ4v) is 3.01. The van der Waals surface area contributed by atoms with E-state index in [1.165, 1.54) is 23.3 Å². The number of ether oxygens (including phenoxy) is 1. The van der Waals surface area contributed by atoms with Crippen LogP contribution in [-0.4, -0.2) is 13.2 Å². The molecule has 1 aliphatic heterocycles. The third-order valence-corrected chi connectivity index (χ3v) is 4.31. The molecule has 0 aromatic heterocycles. The van der Waals surface area contributed by atoms with Gasteiger partial charge in [0.05, 0.1) is 13.2 Å². The Morgan fingerprint density at radius 1 is 0.957 bits per heavy atom. The maximum Gasteiger partial charge on any atom is 0.123 e. The predicted molar refractivity (Wildman–Crippen MR) is 91.5 cm³/mol. The normalized spacial score (nSPS) is 16.2. The Morgan fingerprint density at radius 3 is 2.00 bits per heavy atom. The smallest absolute Gasteiger partial charge is 0.123 e. The number of rotatable bonds is 3. The van der Waals surface area contributed by atoms with Gasteiger partial charge in [0.15, 0.2) is 0 Å². The molecule has 1 atom stereocenters. The minimum atomic E-state index is -0.211. The second kappa shape index (κ2) is 7.07.